The van der Waals surface area contributed by atoms with Crippen molar-refractivity contribution in [2.75, 3.05) is 11.9 Å². The van der Waals surface area contributed by atoms with Gasteiger partial charge in [0, 0.05) is 5.69 Å². The summed E-state index contributed by atoms with van der Waals surface area (Å²) in [4.78, 5) is 12.1. The van der Waals surface area contributed by atoms with Crippen molar-refractivity contribution in [3.63, 3.8) is 0 Å². The van der Waals surface area contributed by atoms with E-state index in [1.807, 2.05) is 13.8 Å². The number of anilines is 1. The van der Waals surface area contributed by atoms with Crippen LogP contribution in [0.3, 0.4) is 0 Å². The number of nitrogens with one attached hydrogen (secondary N) is 1. The lowest BCUT2D eigenvalue weighted by molar-refractivity contribution is -0.118. The molecule has 0 bridgehead atoms. The van der Waals surface area contributed by atoms with Gasteiger partial charge in [0.15, 0.2) is 12.4 Å². The lowest BCUT2D eigenvalue weighted by atomic mass is 10.3. The summed E-state index contributed by atoms with van der Waals surface area (Å²) in [5, 5.41) is 2.65. The molecule has 0 radical (unpaired) electrons. The van der Waals surface area contributed by atoms with Crippen molar-refractivity contribution in [2.24, 2.45) is 0 Å². The zero-order chi connectivity index (χ0) is 19.4. The quantitative estimate of drug-likeness (QED) is 0.385. The molecule has 0 heterocycles. The minimum absolute atomic E-state index is 0.00103. The van der Waals surface area contributed by atoms with Crippen LogP contribution in [0.15, 0.2) is 24.3 Å². The molecule has 0 aliphatic heterocycles. The van der Waals surface area contributed by atoms with Gasteiger partial charge in [0.2, 0.25) is 0 Å². The predicted molar refractivity (Wildman–Crippen MR) is 108 cm³/mol. The van der Waals surface area contributed by atoms with Crippen LogP contribution in [0.5, 0.6) is 11.5 Å². The number of ether oxygens (including phenoxy) is 2. The topological polar surface area (TPSA) is 47.6 Å². The number of carbonyl (C=O) groups excluding carboxylic acids is 1. The van der Waals surface area contributed by atoms with Crippen molar-refractivity contribution in [3.8, 4) is 11.5 Å². The molecule has 0 atom stereocenters. The number of benzene rings is 2. The van der Waals surface area contributed by atoms with Crippen molar-refractivity contribution >= 4 is 69.6 Å². The second-order valence-electron chi connectivity index (χ2n) is 5.43. The van der Waals surface area contributed by atoms with Gasteiger partial charge >= 0.3 is 0 Å². The molecule has 0 aliphatic carbocycles. The number of amides is 1. The molecule has 140 valence electrons. The Hall–Kier alpha value is -1.04. The Morgan fingerprint density at radius 3 is 1.92 bits per heavy atom. The van der Waals surface area contributed by atoms with Gasteiger partial charge in [-0.2, -0.15) is 0 Å². The fourth-order valence-corrected chi connectivity index (χ4v) is 3.17. The number of halogens is 5. The normalized spacial score (nSPS) is 10.8. The summed E-state index contributed by atoms with van der Waals surface area (Å²) in [6.45, 7) is 3.51. The van der Waals surface area contributed by atoms with Crippen LogP contribution in [0, 0.1) is 0 Å². The molecule has 2 aromatic rings. The molecule has 0 fully saturated rings. The van der Waals surface area contributed by atoms with Crippen LogP contribution in [0.1, 0.15) is 13.8 Å². The van der Waals surface area contributed by atoms with Crippen LogP contribution in [0.4, 0.5) is 5.69 Å². The monoisotopic (exact) mass is 455 g/mol. The highest BCUT2D eigenvalue weighted by Gasteiger charge is 2.21. The standard InChI is InChI=1S/C17H14Cl5NO3/c1-8(2)26-10-5-3-9(4-6-10)23-11(24)7-25-17-15(21)13(19)12(18)14(20)16(17)22/h3-6,8H,7H2,1-2H3,(H,23,24). The highest BCUT2D eigenvalue weighted by molar-refractivity contribution is 6.55. The van der Waals surface area contributed by atoms with E-state index in [1.54, 1.807) is 24.3 Å². The number of carbonyl (C=O) groups is 1. The van der Waals surface area contributed by atoms with Gasteiger partial charge in [0.1, 0.15) is 15.8 Å². The summed E-state index contributed by atoms with van der Waals surface area (Å²) in [6.07, 6.45) is 0.0661. The summed E-state index contributed by atoms with van der Waals surface area (Å²) >= 11 is 29.9. The summed E-state index contributed by atoms with van der Waals surface area (Å²) < 4.78 is 10.9. The van der Waals surface area contributed by atoms with Gasteiger partial charge in [-0.15, -0.1) is 0 Å². The number of hydrogen-bond donors (Lipinski definition) is 1. The van der Waals surface area contributed by atoms with E-state index < -0.39 is 5.91 Å². The largest absolute Gasteiger partial charge is 0.491 e. The number of rotatable bonds is 6. The summed E-state index contributed by atoms with van der Waals surface area (Å²) in [7, 11) is 0. The Kier molecular flexibility index (Phi) is 7.56. The molecular formula is C17H14Cl5NO3. The molecule has 0 spiro atoms. The highest BCUT2D eigenvalue weighted by Crippen LogP contribution is 2.48. The van der Waals surface area contributed by atoms with Crippen LogP contribution in [0.2, 0.25) is 25.1 Å². The van der Waals surface area contributed by atoms with Crippen LogP contribution < -0.4 is 14.8 Å². The Morgan fingerprint density at radius 1 is 0.923 bits per heavy atom. The van der Waals surface area contributed by atoms with E-state index >= 15 is 0 Å². The van der Waals surface area contributed by atoms with Gasteiger partial charge in [-0.3, -0.25) is 4.79 Å². The third-order valence-electron chi connectivity index (χ3n) is 3.03. The number of hydrogen-bond acceptors (Lipinski definition) is 3. The van der Waals surface area contributed by atoms with Crippen LogP contribution in [-0.2, 0) is 4.79 Å². The van der Waals surface area contributed by atoms with Gasteiger partial charge in [0.05, 0.1) is 21.2 Å². The highest BCUT2D eigenvalue weighted by atomic mass is 35.5. The van der Waals surface area contributed by atoms with E-state index in [4.69, 9.17) is 67.5 Å². The average Bonchev–Trinajstić information content (AvgIpc) is 2.59. The Balaban J connectivity index is 2.01. The van der Waals surface area contributed by atoms with E-state index in [1.165, 1.54) is 0 Å². The molecule has 0 saturated heterocycles. The maximum Gasteiger partial charge on any atom is 0.262 e. The van der Waals surface area contributed by atoms with Crippen molar-refractivity contribution < 1.29 is 14.3 Å². The van der Waals surface area contributed by atoms with E-state index in [0.717, 1.165) is 0 Å². The van der Waals surface area contributed by atoms with Crippen molar-refractivity contribution in [1.29, 1.82) is 0 Å². The first kappa shape index (κ1) is 21.3. The summed E-state index contributed by atoms with van der Waals surface area (Å²) in [6, 6.07) is 6.93. The molecule has 0 saturated carbocycles. The molecule has 4 nitrogen and oxygen atoms in total. The maximum atomic E-state index is 12.1. The lowest BCUT2D eigenvalue weighted by Gasteiger charge is -2.14. The average molecular weight is 458 g/mol. The van der Waals surface area contributed by atoms with E-state index in [-0.39, 0.29) is 43.6 Å². The van der Waals surface area contributed by atoms with Crippen molar-refractivity contribution in [1.82, 2.24) is 0 Å². The Morgan fingerprint density at radius 2 is 1.42 bits per heavy atom. The summed E-state index contributed by atoms with van der Waals surface area (Å²) in [5.74, 6) is 0.277. The molecule has 26 heavy (non-hydrogen) atoms. The zero-order valence-electron chi connectivity index (χ0n) is 13.7. The molecule has 2 rings (SSSR count). The Labute approximate surface area is 176 Å². The minimum atomic E-state index is -0.420. The third kappa shape index (κ3) is 5.24. The van der Waals surface area contributed by atoms with Gasteiger partial charge in [-0.05, 0) is 38.1 Å². The lowest BCUT2D eigenvalue weighted by Crippen LogP contribution is -2.20. The van der Waals surface area contributed by atoms with E-state index in [2.05, 4.69) is 5.32 Å². The fraction of sp³-hybridized carbons (Fsp3) is 0.235. The first-order valence-electron chi connectivity index (χ1n) is 7.41. The second-order valence-corrected chi connectivity index (χ2v) is 7.32. The van der Waals surface area contributed by atoms with Crippen LogP contribution >= 0.6 is 58.0 Å². The third-order valence-corrected chi connectivity index (χ3v) is 5.27. The van der Waals surface area contributed by atoms with Crippen LogP contribution in [0.25, 0.3) is 0 Å². The molecular weight excluding hydrogens is 443 g/mol. The van der Waals surface area contributed by atoms with Gasteiger partial charge < -0.3 is 14.8 Å². The molecule has 9 heteroatoms. The van der Waals surface area contributed by atoms with Gasteiger partial charge in [-0.1, -0.05) is 58.0 Å². The SMILES string of the molecule is CC(C)Oc1ccc(NC(=O)COc2c(Cl)c(Cl)c(Cl)c(Cl)c2Cl)cc1. The second kappa shape index (κ2) is 9.25. The smallest absolute Gasteiger partial charge is 0.262 e. The fourth-order valence-electron chi connectivity index (χ4n) is 1.94. The Bertz CT molecular complexity index is 780. The minimum Gasteiger partial charge on any atom is -0.491 e. The summed E-state index contributed by atoms with van der Waals surface area (Å²) in [5.41, 5.74) is 0.582. The first-order chi connectivity index (χ1) is 12.2. The van der Waals surface area contributed by atoms with Crippen molar-refractivity contribution in [2.45, 2.75) is 20.0 Å². The van der Waals surface area contributed by atoms with E-state index in [9.17, 15) is 4.79 Å². The molecule has 0 unspecified atom stereocenters. The molecule has 1 N–H and O–H groups in total. The van der Waals surface area contributed by atoms with Gasteiger partial charge in [-0.25, -0.2) is 0 Å². The van der Waals surface area contributed by atoms with E-state index in [0.29, 0.717) is 11.4 Å². The first-order valence-corrected chi connectivity index (χ1v) is 9.30. The molecule has 0 aliphatic rings. The molecule has 1 amide bonds. The zero-order valence-corrected chi connectivity index (χ0v) is 17.5. The molecule has 0 aromatic heterocycles. The predicted octanol–water partition coefficient (Wildman–Crippen LogP) is 6.76. The van der Waals surface area contributed by atoms with Gasteiger partial charge in [0.25, 0.3) is 5.91 Å². The molecule has 2 aromatic carbocycles. The maximum absolute atomic E-state index is 12.1. The van der Waals surface area contributed by atoms with Crippen molar-refractivity contribution in [3.05, 3.63) is 49.4 Å². The van der Waals surface area contributed by atoms with Crippen LogP contribution in [-0.4, -0.2) is 18.6 Å².